The molecule has 1 aromatic rings. The Labute approximate surface area is 211 Å². The van der Waals surface area contributed by atoms with Crippen LogP contribution in [0.1, 0.15) is 87.1 Å². The second-order valence-corrected chi connectivity index (χ2v) is 9.81. The van der Waals surface area contributed by atoms with Crippen molar-refractivity contribution in [3.63, 3.8) is 0 Å². The van der Waals surface area contributed by atoms with E-state index in [9.17, 15) is 4.79 Å². The van der Waals surface area contributed by atoms with Crippen molar-refractivity contribution in [1.82, 2.24) is 9.80 Å². The van der Waals surface area contributed by atoms with Gasteiger partial charge in [-0.1, -0.05) is 74.5 Å². The smallest absolute Gasteiger partial charge is 0.220 e. The van der Waals surface area contributed by atoms with Gasteiger partial charge in [-0.05, 0) is 57.9 Å². The van der Waals surface area contributed by atoms with Crippen LogP contribution in [0.25, 0.3) is 0 Å². The molecule has 0 aliphatic heterocycles. The molecule has 1 aromatic carbocycles. The molecule has 1 rings (SSSR count). The minimum atomic E-state index is -0.0850. The third-order valence-corrected chi connectivity index (χ3v) is 5.73. The highest BCUT2D eigenvalue weighted by atomic mass is 32.1. The van der Waals surface area contributed by atoms with Crippen LogP contribution in [-0.2, 0) is 10.2 Å². The number of likely N-dealkylation sites (N-methyl/N-ethyl adjacent to an activating group) is 2. The Hall–Kier alpha value is -0.820. The SMILES string of the molecule is CC.CCCN(C)CCOCCN(C)c1c(C(C)(C)C)c(=S)c1=O.CCCN(CC)CCC. The topological polar surface area (TPSA) is 36.0 Å². The van der Waals surface area contributed by atoms with Crippen LogP contribution in [0.2, 0.25) is 0 Å². The van der Waals surface area contributed by atoms with Gasteiger partial charge < -0.3 is 19.4 Å². The van der Waals surface area contributed by atoms with Crippen LogP contribution in [0.4, 0.5) is 5.69 Å². The van der Waals surface area contributed by atoms with E-state index >= 15 is 0 Å². The molecule has 0 fully saturated rings. The van der Waals surface area contributed by atoms with Crippen molar-refractivity contribution in [3.8, 4) is 0 Å². The fourth-order valence-electron chi connectivity index (χ4n) is 3.63. The van der Waals surface area contributed by atoms with Gasteiger partial charge in [0.05, 0.1) is 23.4 Å². The predicted molar refractivity (Wildman–Crippen MR) is 151 cm³/mol. The lowest BCUT2D eigenvalue weighted by atomic mass is 9.82. The number of rotatable bonds is 14. The van der Waals surface area contributed by atoms with Crippen LogP contribution in [0.3, 0.4) is 0 Å². The fourth-order valence-corrected chi connectivity index (χ4v) is 4.13. The van der Waals surface area contributed by atoms with E-state index < -0.39 is 0 Å². The summed E-state index contributed by atoms with van der Waals surface area (Å²) in [5.74, 6) is 0. The molecule has 0 spiro atoms. The number of nitrogens with zero attached hydrogens (tertiary/aromatic N) is 3. The molecular weight excluding hydrogens is 430 g/mol. The first-order valence-corrected chi connectivity index (χ1v) is 13.5. The van der Waals surface area contributed by atoms with Crippen LogP contribution in [-0.4, -0.2) is 76.4 Å². The summed E-state index contributed by atoms with van der Waals surface area (Å²) >= 11 is 5.21. The molecule has 0 aliphatic carbocycles. The molecule has 0 unspecified atom stereocenters. The molecule has 0 radical (unpaired) electrons. The number of hydrogen-bond donors (Lipinski definition) is 0. The van der Waals surface area contributed by atoms with E-state index in [4.69, 9.17) is 17.0 Å². The molecule has 196 valence electrons. The van der Waals surface area contributed by atoms with E-state index in [1.54, 1.807) is 0 Å². The lowest BCUT2D eigenvalue weighted by molar-refractivity contribution is 0.117. The number of hydrogen-bond acceptors (Lipinski definition) is 6. The average Bonchev–Trinajstić information content (AvgIpc) is 2.77. The lowest BCUT2D eigenvalue weighted by Gasteiger charge is -2.30. The van der Waals surface area contributed by atoms with Crippen molar-refractivity contribution < 1.29 is 4.74 Å². The molecule has 0 saturated heterocycles. The monoisotopic (exact) mass is 485 g/mol. The van der Waals surface area contributed by atoms with Crippen molar-refractivity contribution in [2.24, 2.45) is 0 Å². The van der Waals surface area contributed by atoms with Gasteiger partial charge in [0.15, 0.2) is 0 Å². The highest BCUT2D eigenvalue weighted by Gasteiger charge is 2.29. The summed E-state index contributed by atoms with van der Waals surface area (Å²) in [6.45, 7) is 27.0. The minimum absolute atomic E-state index is 0.00473. The number of ether oxygens (including phenoxy) is 1. The maximum Gasteiger partial charge on any atom is 0.220 e. The average molecular weight is 486 g/mol. The molecule has 0 aromatic heterocycles. The first kappa shape index (κ1) is 34.3. The first-order valence-electron chi connectivity index (χ1n) is 13.1. The van der Waals surface area contributed by atoms with E-state index in [1.165, 1.54) is 32.5 Å². The highest BCUT2D eigenvalue weighted by molar-refractivity contribution is 7.71. The van der Waals surface area contributed by atoms with Gasteiger partial charge in [0.25, 0.3) is 0 Å². The van der Waals surface area contributed by atoms with Crippen molar-refractivity contribution in [2.75, 3.05) is 71.5 Å². The minimum Gasteiger partial charge on any atom is -0.378 e. The van der Waals surface area contributed by atoms with E-state index in [2.05, 4.69) is 65.3 Å². The second kappa shape index (κ2) is 19.5. The quantitative estimate of drug-likeness (QED) is 0.241. The second-order valence-electron chi connectivity index (χ2n) is 9.40. The van der Waals surface area contributed by atoms with Crippen molar-refractivity contribution >= 4 is 17.9 Å². The summed E-state index contributed by atoms with van der Waals surface area (Å²) in [4.78, 5) is 18.8. The maximum atomic E-state index is 12.0. The van der Waals surface area contributed by atoms with Crippen molar-refractivity contribution in [2.45, 2.75) is 87.0 Å². The van der Waals surface area contributed by atoms with Gasteiger partial charge in [-0.3, -0.25) is 4.79 Å². The number of anilines is 1. The molecule has 0 N–H and O–H groups in total. The molecule has 0 saturated carbocycles. The van der Waals surface area contributed by atoms with Gasteiger partial charge in [-0.2, -0.15) is 0 Å². The zero-order valence-electron chi connectivity index (χ0n) is 23.8. The van der Waals surface area contributed by atoms with Crippen LogP contribution < -0.4 is 10.3 Å². The van der Waals surface area contributed by atoms with Crippen molar-refractivity contribution in [1.29, 1.82) is 0 Å². The van der Waals surface area contributed by atoms with Crippen LogP contribution in [0, 0.1) is 4.51 Å². The Balaban J connectivity index is 0. The molecule has 0 heterocycles. The van der Waals surface area contributed by atoms with Gasteiger partial charge in [-0.25, -0.2) is 0 Å². The summed E-state index contributed by atoms with van der Waals surface area (Å²) in [6.07, 6.45) is 3.73. The Morgan fingerprint density at radius 2 is 1.30 bits per heavy atom. The molecule has 0 atom stereocenters. The Morgan fingerprint density at radius 1 is 0.818 bits per heavy atom. The molecule has 0 aliphatic rings. The summed E-state index contributed by atoms with van der Waals surface area (Å²) in [5, 5.41) is 0. The van der Waals surface area contributed by atoms with Crippen molar-refractivity contribution in [3.05, 3.63) is 20.3 Å². The van der Waals surface area contributed by atoms with Crippen LogP contribution >= 0.6 is 12.2 Å². The summed E-state index contributed by atoms with van der Waals surface area (Å²) in [7, 11) is 4.04. The zero-order chi connectivity index (χ0) is 26.0. The summed E-state index contributed by atoms with van der Waals surface area (Å²) in [6, 6.07) is 0. The Bertz CT molecular complexity index is 657. The summed E-state index contributed by atoms with van der Waals surface area (Å²) in [5.41, 5.74) is 1.70. The van der Waals surface area contributed by atoms with E-state index in [-0.39, 0.29) is 10.8 Å². The van der Waals surface area contributed by atoms with Gasteiger partial charge in [0.2, 0.25) is 5.43 Å². The van der Waals surface area contributed by atoms with Gasteiger partial charge in [-0.15, -0.1) is 0 Å². The van der Waals surface area contributed by atoms with E-state index in [0.717, 1.165) is 37.4 Å². The fraction of sp³-hybridized carbons (Fsp3) is 0.852. The molecule has 6 heteroatoms. The molecule has 0 bridgehead atoms. The molecular formula is C27H55N3O2S. The zero-order valence-corrected chi connectivity index (χ0v) is 24.7. The van der Waals surface area contributed by atoms with Crippen LogP contribution in [0.15, 0.2) is 4.79 Å². The Morgan fingerprint density at radius 3 is 1.73 bits per heavy atom. The molecule has 0 amide bonds. The normalized spacial score (nSPS) is 11.3. The maximum absolute atomic E-state index is 12.0. The highest BCUT2D eigenvalue weighted by Crippen LogP contribution is 2.32. The van der Waals surface area contributed by atoms with E-state index in [0.29, 0.717) is 17.7 Å². The third kappa shape index (κ3) is 13.6. The first-order chi connectivity index (χ1) is 15.5. The standard InChI is InChI=1S/C17H30N2O2S.C8H19N.C2H6/c1-7-8-18(5)9-11-21-12-10-19(6)14-13(17(2,3)4)16(22)15(14)20;1-4-7-9(6-3)8-5-2;1-2/h7-12H2,1-6H3;4-8H2,1-3H3;1-2H3. The summed E-state index contributed by atoms with van der Waals surface area (Å²) < 4.78 is 6.17. The van der Waals surface area contributed by atoms with E-state index in [1.807, 2.05) is 25.8 Å². The predicted octanol–water partition coefficient (Wildman–Crippen LogP) is 5.90. The van der Waals surface area contributed by atoms with Crippen LogP contribution in [0.5, 0.6) is 0 Å². The van der Waals surface area contributed by atoms with Gasteiger partial charge in [0.1, 0.15) is 0 Å². The largest absolute Gasteiger partial charge is 0.378 e. The van der Waals surface area contributed by atoms with Gasteiger partial charge in [0, 0.05) is 25.7 Å². The Kier molecular flexibility index (Phi) is 20.3. The lowest BCUT2D eigenvalue weighted by Crippen LogP contribution is -2.36. The third-order valence-electron chi connectivity index (χ3n) is 5.34. The van der Waals surface area contributed by atoms with Gasteiger partial charge >= 0.3 is 0 Å². The molecule has 33 heavy (non-hydrogen) atoms. The molecule has 5 nitrogen and oxygen atoms in total.